The number of hydrogen-bond acceptors (Lipinski definition) is 4. The third-order valence-electron chi connectivity index (χ3n) is 4.85. The first-order valence-electron chi connectivity index (χ1n) is 9.98. The summed E-state index contributed by atoms with van der Waals surface area (Å²) in [5, 5.41) is 8.08. The van der Waals surface area contributed by atoms with E-state index in [1.807, 2.05) is 13.8 Å². The highest BCUT2D eigenvalue weighted by molar-refractivity contribution is 6.70. The van der Waals surface area contributed by atoms with E-state index in [4.69, 9.17) is 18.7 Å². The molecule has 4 nitrogen and oxygen atoms in total. The number of aliphatic hydroxyl groups excluding tert-OH is 1. The van der Waals surface area contributed by atoms with Crippen LogP contribution in [0.15, 0.2) is 17.9 Å². The Balaban J connectivity index is 0. The van der Waals surface area contributed by atoms with E-state index in [2.05, 4.69) is 26.2 Å². The summed E-state index contributed by atoms with van der Waals surface area (Å²) < 4.78 is 17.4. The fraction of sp³-hybridized carbons (Fsp3) is 0.857. The Morgan fingerprint density at radius 3 is 1.96 bits per heavy atom. The van der Waals surface area contributed by atoms with Gasteiger partial charge in [0.2, 0.25) is 0 Å². The summed E-state index contributed by atoms with van der Waals surface area (Å²) in [6.07, 6.45) is 9.03. The second-order valence-electron chi connectivity index (χ2n) is 6.92. The molecular formula is C21H44O4Si. The summed E-state index contributed by atoms with van der Waals surface area (Å²) in [7, 11) is 3.22. The van der Waals surface area contributed by atoms with Gasteiger partial charge in [-0.3, -0.25) is 0 Å². The molecule has 0 spiro atoms. The smallest absolute Gasteiger partial charge is 0.370 e. The van der Waals surface area contributed by atoms with Gasteiger partial charge in [0.1, 0.15) is 5.22 Å². The highest BCUT2D eigenvalue weighted by Gasteiger charge is 2.58. The normalized spacial score (nSPS) is 20.8. The minimum Gasteiger partial charge on any atom is -0.396 e. The van der Waals surface area contributed by atoms with Gasteiger partial charge in [-0.2, -0.15) is 0 Å². The van der Waals surface area contributed by atoms with Crippen molar-refractivity contribution in [3.8, 4) is 0 Å². The van der Waals surface area contributed by atoms with Crippen molar-refractivity contribution in [3.63, 3.8) is 0 Å². The van der Waals surface area contributed by atoms with Crippen LogP contribution in [0.4, 0.5) is 0 Å². The van der Waals surface area contributed by atoms with Crippen LogP contribution in [0.1, 0.15) is 79.1 Å². The minimum atomic E-state index is -2.15. The molecule has 0 saturated carbocycles. The van der Waals surface area contributed by atoms with Crippen LogP contribution in [-0.4, -0.2) is 46.8 Å². The predicted molar refractivity (Wildman–Crippen MR) is 114 cm³/mol. The van der Waals surface area contributed by atoms with Crippen LogP contribution >= 0.6 is 0 Å². The van der Waals surface area contributed by atoms with Gasteiger partial charge in [0.05, 0.1) is 0 Å². The molecule has 0 aliphatic carbocycles. The summed E-state index contributed by atoms with van der Waals surface area (Å²) >= 11 is 0. The van der Waals surface area contributed by atoms with Gasteiger partial charge < -0.3 is 18.7 Å². The zero-order chi connectivity index (χ0) is 20.5. The molecule has 1 fully saturated rings. The van der Waals surface area contributed by atoms with Crippen molar-refractivity contribution in [2.24, 2.45) is 0 Å². The standard InChI is InChI=1S/C11H24O3Si.C5H12O.C5H8/c1-5-8-11(12-2)9-6-7-10-15(11,13-3)14-4;1-2-3-4-5-6;1-4-5(2)3/h5-10H2,1-4H3;6H,2-5H2,1H3;1H2,2-3H3. The van der Waals surface area contributed by atoms with Crippen LogP contribution in [0.2, 0.25) is 6.04 Å². The molecule has 1 heterocycles. The Morgan fingerprint density at radius 2 is 1.65 bits per heavy atom. The summed E-state index contributed by atoms with van der Waals surface area (Å²) in [5.74, 6) is 0. The Morgan fingerprint density at radius 1 is 1.08 bits per heavy atom. The molecule has 5 heteroatoms. The molecule has 0 radical (unpaired) electrons. The first kappa shape index (κ1) is 27.8. The lowest BCUT2D eigenvalue weighted by atomic mass is 10.1. The maximum Gasteiger partial charge on any atom is 0.370 e. The molecule has 1 aliphatic rings. The van der Waals surface area contributed by atoms with E-state index in [1.54, 1.807) is 21.3 Å². The molecular weight excluding hydrogens is 344 g/mol. The molecule has 0 aromatic carbocycles. The van der Waals surface area contributed by atoms with Crippen LogP contribution < -0.4 is 0 Å². The zero-order valence-electron chi connectivity index (χ0n) is 18.5. The fourth-order valence-electron chi connectivity index (χ4n) is 3.29. The number of methoxy groups -OCH3 is 1. The Hall–Kier alpha value is -0.423. The lowest BCUT2D eigenvalue weighted by molar-refractivity contribution is -0.0149. The molecule has 1 rings (SSSR count). The van der Waals surface area contributed by atoms with Crippen LogP contribution in [0.5, 0.6) is 0 Å². The molecule has 1 N–H and O–H groups in total. The van der Waals surface area contributed by atoms with Crippen molar-refractivity contribution in [2.75, 3.05) is 27.9 Å². The SMILES string of the molecule is C=C=C(C)C.CCCC1(OC)CCCC[Si]1(OC)OC.CCCCCO. The van der Waals surface area contributed by atoms with Crippen molar-refractivity contribution in [1.82, 2.24) is 0 Å². The molecule has 1 atom stereocenters. The van der Waals surface area contributed by atoms with E-state index in [1.165, 1.54) is 19.3 Å². The Kier molecular flexibility index (Phi) is 17.9. The van der Waals surface area contributed by atoms with Gasteiger partial charge in [-0.15, -0.1) is 5.73 Å². The molecule has 156 valence electrons. The monoisotopic (exact) mass is 388 g/mol. The predicted octanol–water partition coefficient (Wildman–Crippen LogP) is 5.54. The fourth-order valence-corrected chi connectivity index (χ4v) is 7.28. The van der Waals surface area contributed by atoms with E-state index < -0.39 is 8.56 Å². The quantitative estimate of drug-likeness (QED) is 0.337. The molecule has 0 amide bonds. The van der Waals surface area contributed by atoms with Crippen molar-refractivity contribution in [2.45, 2.75) is 90.3 Å². The molecule has 0 bridgehead atoms. The number of ether oxygens (including phenoxy) is 1. The summed E-state index contributed by atoms with van der Waals surface area (Å²) in [4.78, 5) is 0. The van der Waals surface area contributed by atoms with E-state index in [0.717, 1.165) is 43.7 Å². The van der Waals surface area contributed by atoms with E-state index in [9.17, 15) is 0 Å². The second kappa shape index (κ2) is 16.7. The highest BCUT2D eigenvalue weighted by atomic mass is 28.4. The number of allylic oxidation sites excluding steroid dienone is 1. The highest BCUT2D eigenvalue weighted by Crippen LogP contribution is 2.42. The molecule has 1 unspecified atom stereocenters. The first-order chi connectivity index (χ1) is 12.4. The van der Waals surface area contributed by atoms with E-state index in [-0.39, 0.29) is 5.22 Å². The van der Waals surface area contributed by atoms with E-state index >= 15 is 0 Å². The molecule has 0 aromatic heterocycles. The first-order valence-corrected chi connectivity index (χ1v) is 12.0. The maximum absolute atomic E-state index is 8.20. The number of unbranched alkanes of at least 4 members (excludes halogenated alkanes) is 2. The largest absolute Gasteiger partial charge is 0.396 e. The van der Waals surface area contributed by atoms with Gasteiger partial charge >= 0.3 is 8.56 Å². The van der Waals surface area contributed by atoms with Gasteiger partial charge in [0.15, 0.2) is 0 Å². The Bertz CT molecular complexity index is 364. The van der Waals surface area contributed by atoms with Gasteiger partial charge in [0.25, 0.3) is 0 Å². The molecule has 0 aromatic rings. The average molecular weight is 389 g/mol. The molecule has 1 aliphatic heterocycles. The molecule has 1 saturated heterocycles. The van der Waals surface area contributed by atoms with Crippen molar-refractivity contribution in [3.05, 3.63) is 17.9 Å². The second-order valence-corrected chi connectivity index (χ2v) is 10.7. The summed E-state index contributed by atoms with van der Waals surface area (Å²) in [6.45, 7) is 12.0. The van der Waals surface area contributed by atoms with Crippen LogP contribution in [0, 0.1) is 0 Å². The van der Waals surface area contributed by atoms with Gasteiger partial charge in [0, 0.05) is 27.9 Å². The third kappa shape index (κ3) is 9.49. The zero-order valence-corrected chi connectivity index (χ0v) is 19.5. The molecule has 26 heavy (non-hydrogen) atoms. The lowest BCUT2D eigenvalue weighted by Gasteiger charge is -2.47. The lowest BCUT2D eigenvalue weighted by Crippen LogP contribution is -2.64. The number of aliphatic hydroxyl groups is 1. The summed E-state index contributed by atoms with van der Waals surface area (Å²) in [6, 6.07) is 1.06. The van der Waals surface area contributed by atoms with Gasteiger partial charge in [-0.25, -0.2) is 0 Å². The maximum atomic E-state index is 8.20. The van der Waals surface area contributed by atoms with Crippen molar-refractivity contribution < 1.29 is 18.7 Å². The van der Waals surface area contributed by atoms with Crippen molar-refractivity contribution >= 4 is 8.56 Å². The number of hydrogen-bond donors (Lipinski definition) is 1. The topological polar surface area (TPSA) is 47.9 Å². The summed E-state index contributed by atoms with van der Waals surface area (Å²) in [5.41, 5.74) is 3.84. The van der Waals surface area contributed by atoms with Crippen LogP contribution in [0.3, 0.4) is 0 Å². The van der Waals surface area contributed by atoms with Crippen molar-refractivity contribution in [1.29, 1.82) is 0 Å². The third-order valence-corrected chi connectivity index (χ3v) is 9.27. The Labute approximate surface area is 163 Å². The average Bonchev–Trinajstić information content (AvgIpc) is 2.67. The van der Waals surface area contributed by atoms with Crippen LogP contribution in [0.25, 0.3) is 0 Å². The van der Waals surface area contributed by atoms with Gasteiger partial charge in [-0.1, -0.05) is 52.5 Å². The van der Waals surface area contributed by atoms with Crippen LogP contribution in [-0.2, 0) is 13.6 Å². The van der Waals surface area contributed by atoms with E-state index in [0.29, 0.717) is 6.61 Å². The minimum absolute atomic E-state index is 0.122. The number of rotatable bonds is 8. The van der Waals surface area contributed by atoms with Gasteiger partial charge in [-0.05, 0) is 44.7 Å².